The van der Waals surface area contributed by atoms with Crippen LogP contribution in [0, 0.1) is 43.2 Å². The molecule has 10 aromatic rings. The van der Waals surface area contributed by atoms with Gasteiger partial charge in [-0.2, -0.15) is 0 Å². The molecule has 2 heterocycles. The summed E-state index contributed by atoms with van der Waals surface area (Å²) in [5.74, 6) is -0.208. The Kier molecular flexibility index (Phi) is 27.7. The molecule has 0 aliphatic heterocycles. The largest absolute Gasteiger partial charge is 3.00 e. The molecule has 0 aliphatic rings. The van der Waals surface area contributed by atoms with Crippen LogP contribution < -0.4 is 0 Å². The minimum Gasteiger partial charge on any atom is -0.333 e. The average molecular weight is 1390 g/mol. The first-order valence-corrected chi connectivity index (χ1v) is 33.4. The molecule has 2 aromatic heterocycles. The molecule has 8 aromatic carbocycles. The number of pyridine rings is 2. The van der Waals surface area contributed by atoms with Crippen LogP contribution >= 0.6 is 0 Å². The van der Waals surface area contributed by atoms with Gasteiger partial charge in [-0.3, -0.25) is 6.42 Å². The van der Waals surface area contributed by atoms with Gasteiger partial charge in [0.05, 0.1) is 0 Å². The maximum absolute atomic E-state index is 11.4. The second-order valence-electron chi connectivity index (χ2n) is 26.4. The van der Waals surface area contributed by atoms with Crippen LogP contribution in [-0.4, -0.2) is 21.5 Å². The van der Waals surface area contributed by atoms with Gasteiger partial charge in [-0.25, -0.2) is 0 Å². The summed E-state index contributed by atoms with van der Waals surface area (Å²) in [6, 6.07) is 80.8. The number of aryl methyl sites for hydroxylation is 4. The Morgan fingerprint density at radius 2 is 0.685 bits per heavy atom. The van der Waals surface area contributed by atoms with Crippen molar-refractivity contribution in [1.29, 1.82) is 0 Å². The van der Waals surface area contributed by atoms with Gasteiger partial charge in [-0.05, 0) is 163 Å². The van der Waals surface area contributed by atoms with Gasteiger partial charge in [0, 0.05) is 24.0 Å². The fourth-order valence-corrected chi connectivity index (χ4v) is 11.1. The van der Waals surface area contributed by atoms with Crippen LogP contribution in [0.1, 0.15) is 155 Å². The zero-order valence-electron chi connectivity index (χ0n) is 56.3. The van der Waals surface area contributed by atoms with Gasteiger partial charge >= 0.3 is 20.1 Å². The molecular formula is C87H95IrN2O2. The van der Waals surface area contributed by atoms with Gasteiger partial charge < -0.3 is 19.6 Å². The van der Waals surface area contributed by atoms with Crippen LogP contribution in [0.2, 0.25) is 0 Å². The van der Waals surface area contributed by atoms with Crippen LogP contribution in [0.4, 0.5) is 0 Å². The van der Waals surface area contributed by atoms with E-state index in [4.69, 9.17) is 0 Å². The SMILES string of the molecule is CC(C)(C)C(=O)[CH-]C(=O)C(C)(C)C.CCCCCCCCc1ccc(-c2ccc(-c3ccc(-c4ccnc(-c5[c-]cccc5)c4)c(C)c3)cc2)cc1.CCCCCCCCc1ccc(-c2ccc(-c3ccc(-c4ccnc(-c5[c-]cccc5)c4)c(C)c3)cc2)cc1.[Ir+3]. The van der Waals surface area contributed by atoms with Crippen molar-refractivity contribution in [1.82, 2.24) is 9.97 Å². The van der Waals surface area contributed by atoms with E-state index in [0.717, 1.165) is 22.5 Å². The number of carbonyl (C=O) groups excluding carboxylic acids is 2. The molecule has 0 saturated heterocycles. The average Bonchev–Trinajstić information content (AvgIpc) is 1.04. The molecule has 0 amide bonds. The Hall–Kier alpha value is -8.08. The van der Waals surface area contributed by atoms with E-state index < -0.39 is 10.8 Å². The topological polar surface area (TPSA) is 59.9 Å². The smallest absolute Gasteiger partial charge is 0.333 e. The van der Waals surface area contributed by atoms with E-state index >= 15 is 0 Å². The Bertz CT molecular complexity index is 3600. The molecule has 0 bridgehead atoms. The summed E-state index contributed by atoms with van der Waals surface area (Å²) in [5.41, 5.74) is 23.3. The number of carbonyl (C=O) groups is 2. The minimum absolute atomic E-state index is 0. The predicted molar refractivity (Wildman–Crippen MR) is 386 cm³/mol. The van der Waals surface area contributed by atoms with E-state index in [1.807, 2.05) is 90.3 Å². The maximum Gasteiger partial charge on any atom is 3.00 e. The molecule has 474 valence electrons. The van der Waals surface area contributed by atoms with E-state index in [1.165, 1.54) is 185 Å². The first kappa shape index (κ1) is 71.4. The van der Waals surface area contributed by atoms with Gasteiger partial charge in [0.25, 0.3) is 0 Å². The van der Waals surface area contributed by atoms with Gasteiger partial charge in [-0.15, -0.1) is 71.8 Å². The van der Waals surface area contributed by atoms with Crippen molar-refractivity contribution in [2.24, 2.45) is 10.8 Å². The zero-order valence-corrected chi connectivity index (χ0v) is 58.7. The molecule has 4 nitrogen and oxygen atoms in total. The molecule has 0 radical (unpaired) electrons. The molecule has 0 unspecified atom stereocenters. The Labute approximate surface area is 566 Å². The summed E-state index contributed by atoms with van der Waals surface area (Å²) in [7, 11) is 0. The molecule has 10 rings (SSSR count). The molecule has 0 aliphatic carbocycles. The van der Waals surface area contributed by atoms with Crippen molar-refractivity contribution < 1.29 is 29.7 Å². The fraction of sp³-hybridized carbons (Fsp3) is 0.299. The molecule has 0 atom stereocenters. The van der Waals surface area contributed by atoms with Crippen LogP contribution in [0.25, 0.3) is 89.3 Å². The van der Waals surface area contributed by atoms with Crippen molar-refractivity contribution in [2.45, 2.75) is 159 Å². The van der Waals surface area contributed by atoms with E-state index in [0.29, 0.717) is 0 Å². The zero-order chi connectivity index (χ0) is 64.6. The van der Waals surface area contributed by atoms with Gasteiger partial charge in [0.15, 0.2) is 0 Å². The summed E-state index contributed by atoms with van der Waals surface area (Å²) in [6.45, 7) is 19.8. The van der Waals surface area contributed by atoms with Crippen molar-refractivity contribution >= 4 is 11.6 Å². The number of aromatic nitrogens is 2. The normalized spacial score (nSPS) is 11.1. The predicted octanol–water partition coefficient (Wildman–Crippen LogP) is 23.9. The number of unbranched alkanes of at least 4 members (excludes halogenated alkanes) is 10. The van der Waals surface area contributed by atoms with Crippen molar-refractivity contribution in [3.8, 4) is 89.3 Å². The van der Waals surface area contributed by atoms with E-state index in [9.17, 15) is 9.59 Å². The number of benzene rings is 8. The van der Waals surface area contributed by atoms with Crippen LogP contribution in [0.3, 0.4) is 0 Å². The summed E-state index contributed by atoms with van der Waals surface area (Å²) in [5, 5.41) is 0. The summed E-state index contributed by atoms with van der Waals surface area (Å²) in [4.78, 5) is 32.0. The summed E-state index contributed by atoms with van der Waals surface area (Å²) < 4.78 is 0. The molecule has 92 heavy (non-hydrogen) atoms. The fourth-order valence-electron chi connectivity index (χ4n) is 11.1. The third kappa shape index (κ3) is 21.5. The maximum atomic E-state index is 11.4. The Morgan fingerprint density at radius 1 is 0.370 bits per heavy atom. The van der Waals surface area contributed by atoms with Crippen molar-refractivity contribution in [2.75, 3.05) is 0 Å². The monoisotopic (exact) mass is 1390 g/mol. The molecule has 0 N–H and O–H groups in total. The summed E-state index contributed by atoms with van der Waals surface area (Å²) >= 11 is 0. The third-order valence-electron chi connectivity index (χ3n) is 17.0. The molecular weight excluding hydrogens is 1300 g/mol. The van der Waals surface area contributed by atoms with Crippen LogP contribution in [0.15, 0.2) is 219 Å². The van der Waals surface area contributed by atoms with E-state index in [2.05, 4.69) is 220 Å². The van der Waals surface area contributed by atoms with Crippen molar-refractivity contribution in [3.05, 3.63) is 259 Å². The summed E-state index contributed by atoms with van der Waals surface area (Å²) in [6.07, 6.45) is 23.5. The van der Waals surface area contributed by atoms with Gasteiger partial charge in [0.1, 0.15) is 0 Å². The van der Waals surface area contributed by atoms with Gasteiger partial charge in [0.2, 0.25) is 0 Å². The molecule has 0 saturated carbocycles. The number of Topliss-reactive ketones (excluding diaryl/α,β-unsaturated/α-hetero) is 2. The second-order valence-corrected chi connectivity index (χ2v) is 26.4. The first-order valence-electron chi connectivity index (χ1n) is 33.4. The van der Waals surface area contributed by atoms with Crippen LogP contribution in [0.5, 0.6) is 0 Å². The third-order valence-corrected chi connectivity index (χ3v) is 17.0. The molecule has 0 fully saturated rings. The van der Waals surface area contributed by atoms with E-state index in [1.54, 1.807) is 0 Å². The molecule has 0 spiro atoms. The second kappa shape index (κ2) is 35.7. The Balaban J connectivity index is 0.000000217. The van der Waals surface area contributed by atoms with Crippen LogP contribution in [-0.2, 0) is 42.5 Å². The quantitative estimate of drug-likeness (QED) is 0.0344. The number of ketones is 2. The Morgan fingerprint density at radius 3 is 1.00 bits per heavy atom. The standard InChI is InChI=1S/2C38H38N.C11H19O2.Ir/c2*1-3-4-5-6-7-9-12-30-15-17-31(18-16-30)32-19-21-33(22-20-32)35-23-24-37(29(2)27-35)36-25-26-39-38(28-36)34-13-10-8-11-14-34;1-10(2,3)8(12)7-9(13)11(4,5)6;/h2*8,10-11,13,15-28H,3-7,9,12H2,1-2H3;7H,1-6H3;/q3*-1;+3. The number of hydrogen-bond donors (Lipinski definition) is 0. The number of rotatable bonds is 24. The first-order chi connectivity index (χ1) is 44.0. The number of nitrogens with zero attached hydrogens (tertiary/aromatic N) is 2. The van der Waals surface area contributed by atoms with Crippen molar-refractivity contribution in [3.63, 3.8) is 0 Å². The number of hydrogen-bond acceptors (Lipinski definition) is 4. The minimum atomic E-state index is -0.457. The molecule has 5 heteroatoms. The van der Waals surface area contributed by atoms with E-state index in [-0.39, 0.29) is 31.7 Å². The van der Waals surface area contributed by atoms with Gasteiger partial charge in [-0.1, -0.05) is 265 Å².